The number of halogens is 1. The third-order valence-corrected chi connectivity index (χ3v) is 5.69. The topological polar surface area (TPSA) is 54.8 Å². The molecule has 1 aromatic heterocycles. The maximum Gasteiger partial charge on any atom is 0.280 e. The van der Waals surface area contributed by atoms with Crippen LogP contribution < -0.4 is 9.75 Å². The lowest BCUT2D eigenvalue weighted by Gasteiger charge is -2.13. The molecule has 5 nitrogen and oxygen atoms in total. The van der Waals surface area contributed by atoms with Gasteiger partial charge in [-0.3, -0.25) is 4.79 Å². The lowest BCUT2D eigenvalue weighted by atomic mass is 10.2. The van der Waals surface area contributed by atoms with Crippen molar-refractivity contribution < 1.29 is 9.53 Å². The van der Waals surface area contributed by atoms with Crippen LogP contribution in [0.3, 0.4) is 0 Å². The number of nitrogens with zero attached hydrogens (tertiary/aromatic N) is 3. The molecule has 0 unspecified atom stereocenters. The van der Waals surface area contributed by atoms with Gasteiger partial charge in [-0.2, -0.15) is 10.1 Å². The summed E-state index contributed by atoms with van der Waals surface area (Å²) in [6.07, 6.45) is 1.66. The first-order valence-corrected chi connectivity index (χ1v) is 10.4. The third-order valence-electron chi connectivity index (χ3n) is 4.17. The highest BCUT2D eigenvalue weighted by Gasteiger charge is 2.21. The fourth-order valence-electron chi connectivity index (χ4n) is 2.68. The summed E-state index contributed by atoms with van der Waals surface area (Å²) in [6, 6.07) is 22.4. The van der Waals surface area contributed by atoms with E-state index in [1.165, 1.54) is 16.3 Å². The number of hydrazone groups is 1. The molecule has 0 saturated carbocycles. The number of ether oxygens (including phenoxy) is 1. The summed E-state index contributed by atoms with van der Waals surface area (Å²) in [7, 11) is 1.62. The fraction of sp³-hybridized carbons (Fsp3) is 0.0455. The van der Waals surface area contributed by atoms with Crippen molar-refractivity contribution in [3.63, 3.8) is 0 Å². The number of carbonyl (C=O) groups excluding carboxylic acids is 1. The molecule has 1 heterocycles. The first-order chi connectivity index (χ1) is 14.1. The van der Waals surface area contributed by atoms with Crippen molar-refractivity contribution in [3.8, 4) is 5.75 Å². The number of thiazole rings is 1. The zero-order chi connectivity index (χ0) is 20.2. The minimum Gasteiger partial charge on any atom is -0.497 e. The third kappa shape index (κ3) is 4.36. The van der Waals surface area contributed by atoms with Gasteiger partial charge in [0.1, 0.15) is 5.75 Å². The van der Waals surface area contributed by atoms with Gasteiger partial charge in [-0.1, -0.05) is 57.6 Å². The Morgan fingerprint density at radius 2 is 1.86 bits per heavy atom. The van der Waals surface area contributed by atoms with Crippen LogP contribution in [0.4, 0.5) is 5.13 Å². The van der Waals surface area contributed by atoms with Gasteiger partial charge in [0.2, 0.25) is 5.13 Å². The number of rotatable bonds is 5. The Bertz CT molecular complexity index is 1170. The number of hydrogen-bond donors (Lipinski definition) is 0. The van der Waals surface area contributed by atoms with E-state index in [1.807, 2.05) is 60.7 Å². The Hall–Kier alpha value is -3.03. The van der Waals surface area contributed by atoms with Crippen molar-refractivity contribution in [2.45, 2.75) is 0 Å². The van der Waals surface area contributed by atoms with Crippen molar-refractivity contribution in [2.24, 2.45) is 5.10 Å². The molecule has 0 bridgehead atoms. The number of carbonyl (C=O) groups is 1. The van der Waals surface area contributed by atoms with E-state index in [1.54, 1.807) is 25.5 Å². The second-order valence-electron chi connectivity index (χ2n) is 6.11. The standard InChI is InChI=1S/C22H16BrN3O2S/c1-28-18-11-12-19-20(13-18)29-22(25-19)26(24-14-15-5-3-2-4-6-15)21(27)16-7-9-17(23)10-8-16/h2-14H,1H3/b24-14+. The summed E-state index contributed by atoms with van der Waals surface area (Å²) in [5.41, 5.74) is 2.20. The minimum absolute atomic E-state index is 0.254. The van der Waals surface area contributed by atoms with Gasteiger partial charge < -0.3 is 4.74 Å². The zero-order valence-electron chi connectivity index (χ0n) is 15.4. The summed E-state index contributed by atoms with van der Waals surface area (Å²) in [5, 5.41) is 6.30. The molecule has 3 aromatic carbocycles. The minimum atomic E-state index is -0.254. The fourth-order valence-corrected chi connectivity index (χ4v) is 3.89. The quantitative estimate of drug-likeness (QED) is 0.278. The number of fused-ring (bicyclic) bond motifs is 1. The highest BCUT2D eigenvalue weighted by Crippen LogP contribution is 2.32. The molecule has 0 saturated heterocycles. The van der Waals surface area contributed by atoms with E-state index in [4.69, 9.17) is 4.74 Å². The van der Waals surface area contributed by atoms with Gasteiger partial charge in [0.05, 0.1) is 23.5 Å². The molecule has 7 heteroatoms. The first kappa shape index (κ1) is 19.3. The molecule has 29 heavy (non-hydrogen) atoms. The average molecular weight is 466 g/mol. The SMILES string of the molecule is COc1ccc2nc(N(/N=C/c3ccccc3)C(=O)c3ccc(Br)cc3)sc2c1. The van der Waals surface area contributed by atoms with Crippen molar-refractivity contribution in [3.05, 3.63) is 88.4 Å². The van der Waals surface area contributed by atoms with E-state index in [0.29, 0.717) is 10.7 Å². The van der Waals surface area contributed by atoms with Gasteiger partial charge in [-0.05, 0) is 48.0 Å². The van der Waals surface area contributed by atoms with Crippen LogP contribution in [0.5, 0.6) is 5.75 Å². The molecule has 0 aliphatic carbocycles. The first-order valence-electron chi connectivity index (χ1n) is 8.78. The highest BCUT2D eigenvalue weighted by atomic mass is 79.9. The molecule has 1 amide bonds. The molecule has 4 aromatic rings. The van der Waals surface area contributed by atoms with Crippen LogP contribution in [0.1, 0.15) is 15.9 Å². The summed E-state index contributed by atoms with van der Waals surface area (Å²) in [4.78, 5) is 17.8. The number of amides is 1. The Kier molecular flexibility index (Phi) is 5.69. The lowest BCUT2D eigenvalue weighted by molar-refractivity contribution is 0.0988. The molecule has 0 spiro atoms. The van der Waals surface area contributed by atoms with Crippen LogP contribution in [0.2, 0.25) is 0 Å². The van der Waals surface area contributed by atoms with E-state index in [0.717, 1.165) is 26.0 Å². The predicted molar refractivity (Wildman–Crippen MR) is 121 cm³/mol. The monoisotopic (exact) mass is 465 g/mol. The van der Waals surface area contributed by atoms with Crippen LogP contribution in [0.15, 0.2) is 82.4 Å². The maximum atomic E-state index is 13.2. The van der Waals surface area contributed by atoms with Crippen LogP contribution in [-0.4, -0.2) is 24.2 Å². The molecule has 0 aliphatic rings. The number of anilines is 1. The Balaban J connectivity index is 1.75. The van der Waals surface area contributed by atoms with Gasteiger partial charge >= 0.3 is 0 Å². The molecule has 0 fully saturated rings. The smallest absolute Gasteiger partial charge is 0.280 e. The van der Waals surface area contributed by atoms with Crippen LogP contribution in [0, 0.1) is 0 Å². The maximum absolute atomic E-state index is 13.2. The number of methoxy groups -OCH3 is 1. The van der Waals surface area contributed by atoms with Gasteiger partial charge in [0.25, 0.3) is 5.91 Å². The van der Waals surface area contributed by atoms with E-state index in [9.17, 15) is 4.79 Å². The zero-order valence-corrected chi connectivity index (χ0v) is 17.9. The Labute approximate surface area is 180 Å². The molecule has 144 valence electrons. The largest absolute Gasteiger partial charge is 0.497 e. The second kappa shape index (κ2) is 8.55. The molecular weight excluding hydrogens is 450 g/mol. The van der Waals surface area contributed by atoms with Crippen molar-refractivity contribution in [1.29, 1.82) is 0 Å². The van der Waals surface area contributed by atoms with Gasteiger partial charge in [0, 0.05) is 10.0 Å². The average Bonchev–Trinajstić information content (AvgIpc) is 3.17. The molecule has 0 atom stereocenters. The summed E-state index contributed by atoms with van der Waals surface area (Å²) in [6.45, 7) is 0. The Morgan fingerprint density at radius 3 is 2.59 bits per heavy atom. The summed E-state index contributed by atoms with van der Waals surface area (Å²) in [5.74, 6) is 0.488. The van der Waals surface area contributed by atoms with E-state index in [2.05, 4.69) is 26.0 Å². The van der Waals surface area contributed by atoms with Gasteiger partial charge in [-0.15, -0.1) is 0 Å². The highest BCUT2D eigenvalue weighted by molar-refractivity contribution is 9.10. The molecule has 4 rings (SSSR count). The van der Waals surface area contributed by atoms with Crippen molar-refractivity contribution >= 4 is 54.7 Å². The second-order valence-corrected chi connectivity index (χ2v) is 8.03. The lowest BCUT2D eigenvalue weighted by Crippen LogP contribution is -2.25. The number of aromatic nitrogens is 1. The van der Waals surface area contributed by atoms with Crippen LogP contribution in [-0.2, 0) is 0 Å². The molecule has 0 N–H and O–H groups in total. The number of hydrogen-bond acceptors (Lipinski definition) is 5. The van der Waals surface area contributed by atoms with Gasteiger partial charge in [-0.25, -0.2) is 4.98 Å². The van der Waals surface area contributed by atoms with E-state index in [-0.39, 0.29) is 5.91 Å². The summed E-state index contributed by atoms with van der Waals surface area (Å²) < 4.78 is 7.11. The molecular formula is C22H16BrN3O2S. The number of benzene rings is 3. The normalized spacial score (nSPS) is 11.1. The Morgan fingerprint density at radius 1 is 1.10 bits per heavy atom. The molecule has 0 radical (unpaired) electrons. The molecule has 0 aliphatic heterocycles. The van der Waals surface area contributed by atoms with Gasteiger partial charge in [0.15, 0.2) is 0 Å². The van der Waals surface area contributed by atoms with Crippen LogP contribution >= 0.6 is 27.3 Å². The van der Waals surface area contributed by atoms with E-state index >= 15 is 0 Å². The van der Waals surface area contributed by atoms with Crippen LogP contribution in [0.25, 0.3) is 10.2 Å². The predicted octanol–water partition coefficient (Wildman–Crippen LogP) is 5.75. The van der Waals surface area contributed by atoms with Crippen molar-refractivity contribution in [2.75, 3.05) is 12.1 Å². The van der Waals surface area contributed by atoms with E-state index < -0.39 is 0 Å². The van der Waals surface area contributed by atoms with Crippen molar-refractivity contribution in [1.82, 2.24) is 4.98 Å². The summed E-state index contributed by atoms with van der Waals surface area (Å²) >= 11 is 4.79.